The number of anilines is 1. The minimum atomic E-state index is -0.0232. The van der Waals surface area contributed by atoms with Crippen molar-refractivity contribution in [2.45, 2.75) is 13.8 Å². The fourth-order valence-corrected chi connectivity index (χ4v) is 3.48. The van der Waals surface area contributed by atoms with Gasteiger partial charge in [-0.15, -0.1) is 10.2 Å². The lowest BCUT2D eigenvalue weighted by atomic mass is 10.0. The van der Waals surface area contributed by atoms with Crippen molar-refractivity contribution in [3.8, 4) is 11.3 Å². The van der Waals surface area contributed by atoms with Crippen molar-refractivity contribution >= 4 is 23.3 Å². The van der Waals surface area contributed by atoms with Gasteiger partial charge in [-0.2, -0.15) is 0 Å². The SMILES string of the molecule is Cc1ccc(-c2ccc(N3CCN(C(=O)c4ccc(Cl)nc4)CC3)nn2)cc1C. The van der Waals surface area contributed by atoms with E-state index in [4.69, 9.17) is 11.6 Å². The Labute approximate surface area is 175 Å². The summed E-state index contributed by atoms with van der Waals surface area (Å²) in [7, 11) is 0. The average Bonchev–Trinajstić information content (AvgIpc) is 2.76. The lowest BCUT2D eigenvalue weighted by Crippen LogP contribution is -2.49. The summed E-state index contributed by atoms with van der Waals surface area (Å²) in [5.74, 6) is 0.808. The van der Waals surface area contributed by atoms with Gasteiger partial charge >= 0.3 is 0 Å². The molecular formula is C22H22ClN5O. The van der Waals surface area contributed by atoms with Crippen LogP contribution in [0.1, 0.15) is 21.5 Å². The van der Waals surface area contributed by atoms with Crippen molar-refractivity contribution in [2.75, 3.05) is 31.1 Å². The van der Waals surface area contributed by atoms with Gasteiger partial charge in [0, 0.05) is 37.9 Å². The van der Waals surface area contributed by atoms with Gasteiger partial charge in [0.1, 0.15) is 5.15 Å². The number of nitrogens with zero attached hydrogens (tertiary/aromatic N) is 5. The predicted octanol–water partition coefficient (Wildman–Crippen LogP) is 3.77. The van der Waals surface area contributed by atoms with E-state index in [1.807, 2.05) is 17.0 Å². The first kappa shape index (κ1) is 19.3. The molecular weight excluding hydrogens is 386 g/mol. The number of benzene rings is 1. The molecule has 0 bridgehead atoms. The number of piperazine rings is 1. The second-order valence-electron chi connectivity index (χ2n) is 7.22. The number of carbonyl (C=O) groups is 1. The zero-order valence-electron chi connectivity index (χ0n) is 16.5. The third-order valence-electron chi connectivity index (χ3n) is 5.32. The van der Waals surface area contributed by atoms with E-state index >= 15 is 0 Å². The van der Waals surface area contributed by atoms with Crippen molar-refractivity contribution in [1.82, 2.24) is 20.1 Å². The topological polar surface area (TPSA) is 62.2 Å². The van der Waals surface area contributed by atoms with Gasteiger partial charge in [0.25, 0.3) is 5.91 Å². The molecule has 29 heavy (non-hydrogen) atoms. The molecule has 0 atom stereocenters. The number of hydrogen-bond acceptors (Lipinski definition) is 5. The van der Waals surface area contributed by atoms with E-state index < -0.39 is 0 Å². The third kappa shape index (κ3) is 4.22. The molecule has 3 heterocycles. The molecule has 0 aliphatic carbocycles. The second kappa shape index (κ2) is 8.17. The van der Waals surface area contributed by atoms with E-state index in [-0.39, 0.29) is 5.91 Å². The fourth-order valence-electron chi connectivity index (χ4n) is 3.37. The van der Waals surface area contributed by atoms with Gasteiger partial charge < -0.3 is 9.80 Å². The summed E-state index contributed by atoms with van der Waals surface area (Å²) in [6, 6.07) is 13.7. The number of aryl methyl sites for hydroxylation is 2. The van der Waals surface area contributed by atoms with Crippen LogP contribution < -0.4 is 4.90 Å². The third-order valence-corrected chi connectivity index (χ3v) is 5.54. The zero-order valence-corrected chi connectivity index (χ0v) is 17.2. The summed E-state index contributed by atoms with van der Waals surface area (Å²) in [6.45, 7) is 6.88. The Bertz CT molecular complexity index is 1010. The standard InChI is InChI=1S/C22H22ClN5O/c1-15-3-4-17(13-16(15)2)19-6-8-21(26-25-19)27-9-11-28(12-10-27)22(29)18-5-7-20(23)24-14-18/h3-8,13-14H,9-12H2,1-2H3. The molecule has 0 unspecified atom stereocenters. The largest absolute Gasteiger partial charge is 0.352 e. The van der Waals surface area contributed by atoms with E-state index in [9.17, 15) is 4.79 Å². The summed E-state index contributed by atoms with van der Waals surface area (Å²) in [6.07, 6.45) is 1.52. The number of rotatable bonds is 3. The quantitative estimate of drug-likeness (QED) is 0.618. The lowest BCUT2D eigenvalue weighted by Gasteiger charge is -2.35. The molecule has 1 aromatic carbocycles. The molecule has 2 aromatic heterocycles. The first-order chi connectivity index (χ1) is 14.0. The highest BCUT2D eigenvalue weighted by Crippen LogP contribution is 2.22. The normalized spacial score (nSPS) is 14.2. The Kier molecular flexibility index (Phi) is 5.45. The molecule has 1 aliphatic heterocycles. The molecule has 4 rings (SSSR count). The molecule has 0 saturated carbocycles. The molecule has 3 aromatic rings. The maximum Gasteiger partial charge on any atom is 0.255 e. The molecule has 1 amide bonds. The van der Waals surface area contributed by atoms with Gasteiger partial charge in [0.15, 0.2) is 5.82 Å². The van der Waals surface area contributed by atoms with Crippen molar-refractivity contribution in [2.24, 2.45) is 0 Å². The fraction of sp³-hybridized carbons (Fsp3) is 0.273. The van der Waals surface area contributed by atoms with E-state index in [0.717, 1.165) is 17.1 Å². The molecule has 0 radical (unpaired) electrons. The molecule has 0 N–H and O–H groups in total. The first-order valence-electron chi connectivity index (χ1n) is 9.58. The Morgan fingerprint density at radius 2 is 1.72 bits per heavy atom. The van der Waals surface area contributed by atoms with Crippen LogP contribution in [0.25, 0.3) is 11.3 Å². The van der Waals surface area contributed by atoms with Crippen LogP contribution in [0.15, 0.2) is 48.7 Å². The highest BCUT2D eigenvalue weighted by Gasteiger charge is 2.23. The Hall–Kier alpha value is -2.99. The maximum atomic E-state index is 12.6. The second-order valence-corrected chi connectivity index (χ2v) is 7.61. The van der Waals surface area contributed by atoms with Crippen molar-refractivity contribution in [1.29, 1.82) is 0 Å². The van der Waals surface area contributed by atoms with Crippen molar-refractivity contribution in [3.63, 3.8) is 0 Å². The smallest absolute Gasteiger partial charge is 0.255 e. The predicted molar refractivity (Wildman–Crippen MR) is 114 cm³/mol. The number of pyridine rings is 1. The molecule has 1 fully saturated rings. The van der Waals surface area contributed by atoms with E-state index in [2.05, 4.69) is 52.1 Å². The Morgan fingerprint density at radius 1 is 0.931 bits per heavy atom. The van der Waals surface area contributed by atoms with Gasteiger partial charge in [0.2, 0.25) is 0 Å². The van der Waals surface area contributed by atoms with Gasteiger partial charge in [-0.1, -0.05) is 23.7 Å². The Balaban J connectivity index is 1.40. The van der Waals surface area contributed by atoms with Crippen LogP contribution in [0.2, 0.25) is 5.15 Å². The van der Waals surface area contributed by atoms with Gasteiger partial charge in [-0.25, -0.2) is 4.98 Å². The van der Waals surface area contributed by atoms with Crippen LogP contribution >= 0.6 is 11.6 Å². The van der Waals surface area contributed by atoms with Crippen LogP contribution in [0.3, 0.4) is 0 Å². The first-order valence-corrected chi connectivity index (χ1v) is 9.96. The minimum absolute atomic E-state index is 0.0232. The lowest BCUT2D eigenvalue weighted by molar-refractivity contribution is 0.0746. The van der Waals surface area contributed by atoms with Gasteiger partial charge in [0.05, 0.1) is 11.3 Å². The van der Waals surface area contributed by atoms with Crippen LogP contribution in [0.5, 0.6) is 0 Å². The number of amides is 1. The highest BCUT2D eigenvalue weighted by atomic mass is 35.5. The van der Waals surface area contributed by atoms with Gasteiger partial charge in [-0.3, -0.25) is 4.79 Å². The van der Waals surface area contributed by atoms with Crippen LogP contribution in [0.4, 0.5) is 5.82 Å². The van der Waals surface area contributed by atoms with Crippen molar-refractivity contribution < 1.29 is 4.79 Å². The number of halogens is 1. The number of aromatic nitrogens is 3. The summed E-state index contributed by atoms with van der Waals surface area (Å²) in [5, 5.41) is 9.21. The minimum Gasteiger partial charge on any atom is -0.352 e. The van der Waals surface area contributed by atoms with E-state index in [1.54, 1.807) is 12.1 Å². The molecule has 0 spiro atoms. The van der Waals surface area contributed by atoms with Crippen LogP contribution in [-0.4, -0.2) is 52.2 Å². The maximum absolute atomic E-state index is 12.6. The zero-order chi connectivity index (χ0) is 20.4. The molecule has 1 aliphatic rings. The summed E-state index contributed by atoms with van der Waals surface area (Å²) in [5.41, 5.74) is 4.99. The van der Waals surface area contributed by atoms with Gasteiger partial charge in [-0.05, 0) is 55.3 Å². The van der Waals surface area contributed by atoms with E-state index in [0.29, 0.717) is 36.9 Å². The molecule has 7 heteroatoms. The summed E-state index contributed by atoms with van der Waals surface area (Å²) < 4.78 is 0. The van der Waals surface area contributed by atoms with Crippen LogP contribution in [0, 0.1) is 13.8 Å². The molecule has 1 saturated heterocycles. The Morgan fingerprint density at radius 3 is 2.34 bits per heavy atom. The highest BCUT2D eigenvalue weighted by molar-refractivity contribution is 6.29. The number of carbonyl (C=O) groups excluding carboxylic acids is 1. The van der Waals surface area contributed by atoms with E-state index in [1.165, 1.54) is 17.3 Å². The summed E-state index contributed by atoms with van der Waals surface area (Å²) >= 11 is 5.80. The molecule has 6 nitrogen and oxygen atoms in total. The van der Waals surface area contributed by atoms with Crippen molar-refractivity contribution in [3.05, 3.63) is 70.5 Å². The summed E-state index contributed by atoms with van der Waals surface area (Å²) in [4.78, 5) is 20.6. The molecule has 148 valence electrons. The number of hydrogen-bond donors (Lipinski definition) is 0. The average molecular weight is 408 g/mol. The monoisotopic (exact) mass is 407 g/mol. The van der Waals surface area contributed by atoms with Crippen LogP contribution in [-0.2, 0) is 0 Å².